The number of benzene rings is 1. The van der Waals surface area contributed by atoms with Gasteiger partial charge in [-0.25, -0.2) is 9.89 Å². The predicted octanol–water partition coefficient (Wildman–Crippen LogP) is -7.10. The van der Waals surface area contributed by atoms with E-state index < -0.39 is 31.7 Å². The molecule has 1 aromatic carbocycles. The summed E-state index contributed by atoms with van der Waals surface area (Å²) in [5, 5.41) is 24.7. The third-order valence-corrected chi connectivity index (χ3v) is 5.02. The fourth-order valence-corrected chi connectivity index (χ4v) is 2.99. The van der Waals surface area contributed by atoms with Gasteiger partial charge < -0.3 is 24.6 Å². The maximum atomic E-state index is 12.2. The average Bonchev–Trinajstić information content (AvgIpc) is 2.53. The normalized spacial score (nSPS) is 15.6. The Hall–Kier alpha value is 0.270. The quantitative estimate of drug-likeness (QED) is 0.181. The minimum Gasteiger partial charge on any atom is -0.640 e. The van der Waals surface area contributed by atoms with E-state index in [2.05, 4.69) is 10.1 Å². The first-order chi connectivity index (χ1) is 11.3. The molecule has 0 saturated carbocycles. The number of aliphatic carboxylic acids is 1. The van der Waals surface area contributed by atoms with Crippen molar-refractivity contribution in [3.8, 4) is 0 Å². The van der Waals surface area contributed by atoms with Crippen LogP contribution in [0, 0.1) is 0 Å². The molecule has 0 saturated heterocycles. The summed E-state index contributed by atoms with van der Waals surface area (Å²) in [6.07, 6.45) is -0.392. The van der Waals surface area contributed by atoms with Crippen molar-refractivity contribution in [3.05, 3.63) is 35.9 Å². The third-order valence-electron chi connectivity index (χ3n) is 3.21. The number of nitrogens with one attached hydrogen (secondary N) is 1. The molecule has 0 aliphatic carbocycles. The van der Waals surface area contributed by atoms with Crippen LogP contribution in [-0.2, 0) is 16.1 Å². The van der Waals surface area contributed by atoms with Crippen molar-refractivity contribution in [2.75, 3.05) is 0 Å². The first kappa shape index (κ1) is 28.5. The number of ether oxygens (including phenoxy) is 1. The SMILES string of the molecule is CCCC(N[P+]([O-])(O)C(C)N=C([O-])OCc1ccccc1)C(=O)[O-].[Na+].[Na+]. The molecule has 0 aliphatic heterocycles. The van der Waals surface area contributed by atoms with Crippen LogP contribution in [0.1, 0.15) is 32.3 Å². The molecule has 2 N–H and O–H groups in total. The molecule has 0 fully saturated rings. The molecule has 0 heterocycles. The largest absolute Gasteiger partial charge is 1.00 e. The minimum atomic E-state index is -4.21. The van der Waals surface area contributed by atoms with Crippen molar-refractivity contribution in [1.82, 2.24) is 5.09 Å². The monoisotopic (exact) mass is 402 g/mol. The summed E-state index contributed by atoms with van der Waals surface area (Å²) in [7, 11) is -4.21. The van der Waals surface area contributed by atoms with E-state index in [1.54, 1.807) is 31.2 Å². The fraction of sp³-hybridized carbons (Fsp3) is 0.467. The Morgan fingerprint density at radius 1 is 1.31 bits per heavy atom. The molecule has 0 spiro atoms. The maximum Gasteiger partial charge on any atom is 1.00 e. The molecule has 8 nitrogen and oxygen atoms in total. The van der Waals surface area contributed by atoms with Crippen molar-refractivity contribution in [2.24, 2.45) is 4.99 Å². The van der Waals surface area contributed by atoms with E-state index in [-0.39, 0.29) is 72.1 Å². The number of hydrogen-bond donors (Lipinski definition) is 2. The van der Waals surface area contributed by atoms with E-state index in [0.29, 0.717) is 6.42 Å². The summed E-state index contributed by atoms with van der Waals surface area (Å²) < 4.78 is 4.90. The first-order valence-corrected chi connectivity index (χ1v) is 9.21. The topological polar surface area (TPSA) is 140 Å². The number of hydrogen-bond acceptors (Lipinski definition) is 8. The van der Waals surface area contributed by atoms with E-state index >= 15 is 0 Å². The number of rotatable bonds is 9. The zero-order valence-corrected chi connectivity index (χ0v) is 20.4. The molecule has 1 rings (SSSR count). The second-order valence-corrected chi connectivity index (χ2v) is 7.46. The Balaban J connectivity index is 0. The van der Waals surface area contributed by atoms with Gasteiger partial charge in [-0.15, -0.1) is 0 Å². The van der Waals surface area contributed by atoms with Crippen LogP contribution in [0.15, 0.2) is 35.3 Å². The number of carboxylic acid groups (broad SMARTS) is 1. The van der Waals surface area contributed by atoms with Crippen LogP contribution < -0.4 is 79.3 Å². The van der Waals surface area contributed by atoms with Gasteiger partial charge in [0, 0.05) is 6.61 Å². The van der Waals surface area contributed by atoms with Crippen molar-refractivity contribution in [2.45, 2.75) is 45.1 Å². The van der Waals surface area contributed by atoms with Crippen LogP contribution in [0.3, 0.4) is 0 Å². The molecule has 0 aliphatic rings. The van der Waals surface area contributed by atoms with E-state index in [0.717, 1.165) is 5.56 Å². The van der Waals surface area contributed by atoms with Gasteiger partial charge in [0.15, 0.2) is 13.7 Å². The summed E-state index contributed by atoms with van der Waals surface area (Å²) in [4.78, 5) is 36.5. The average molecular weight is 402 g/mol. The Labute approximate surface area is 198 Å². The molecular weight excluding hydrogens is 381 g/mol. The first-order valence-electron chi connectivity index (χ1n) is 7.49. The fourth-order valence-electron chi connectivity index (χ4n) is 1.84. The van der Waals surface area contributed by atoms with Crippen LogP contribution in [-0.4, -0.2) is 28.8 Å². The maximum absolute atomic E-state index is 12.2. The van der Waals surface area contributed by atoms with Gasteiger partial charge in [-0.3, -0.25) is 0 Å². The van der Waals surface area contributed by atoms with Crippen molar-refractivity contribution in [3.63, 3.8) is 0 Å². The van der Waals surface area contributed by atoms with Crippen molar-refractivity contribution >= 4 is 19.9 Å². The van der Waals surface area contributed by atoms with E-state index in [1.165, 1.54) is 6.92 Å². The molecular formula is C15H21N2Na2O6P. The molecule has 11 heteroatoms. The molecule has 0 amide bonds. The van der Waals surface area contributed by atoms with Gasteiger partial charge in [0.25, 0.3) is 0 Å². The van der Waals surface area contributed by atoms with Gasteiger partial charge in [0.05, 0.1) is 12.0 Å². The zero-order chi connectivity index (χ0) is 18.2. The van der Waals surface area contributed by atoms with Gasteiger partial charge in [-0.05, 0) is 18.9 Å². The molecule has 26 heavy (non-hydrogen) atoms. The molecule has 0 bridgehead atoms. The number of carbonyl (C=O) groups is 1. The molecule has 3 unspecified atom stereocenters. The Morgan fingerprint density at radius 2 is 1.88 bits per heavy atom. The Bertz CT molecular complexity index is 562. The number of carbonyl (C=O) groups excluding carboxylic acids is 1. The molecule has 3 atom stereocenters. The van der Waals surface area contributed by atoms with Gasteiger partial charge in [0.2, 0.25) is 0 Å². The van der Waals surface area contributed by atoms with Gasteiger partial charge in [-0.2, -0.15) is 5.09 Å². The molecule has 1 aromatic rings. The number of aliphatic imine (C=N–C) groups is 1. The predicted molar refractivity (Wildman–Crippen MR) is 84.1 cm³/mol. The molecule has 134 valence electrons. The van der Waals surface area contributed by atoms with E-state index in [1.807, 2.05) is 6.07 Å². The Morgan fingerprint density at radius 3 is 2.38 bits per heavy atom. The second kappa shape index (κ2) is 14.3. The standard InChI is InChI=1S/C15H23N2O6P.2Na/c1-3-7-13(14(18)19)17-24(21,22)11(2)16-15(20)23-10-12-8-5-4-6-9-12;;/h4-6,8-9,11,13H,3,7,10H2,1-2H3,(H,16,20)(H,18,19)(H2,17,21,22);;/q;2*+1/p-2. The minimum absolute atomic E-state index is 0. The summed E-state index contributed by atoms with van der Waals surface area (Å²) in [5.41, 5.74) is 0.749. The van der Waals surface area contributed by atoms with E-state index in [4.69, 9.17) is 4.74 Å². The summed E-state index contributed by atoms with van der Waals surface area (Å²) in [6, 6.07) is 7.60. The number of carboxylic acids is 1. The molecule has 0 aromatic heterocycles. The van der Waals surface area contributed by atoms with Crippen molar-refractivity contribution in [1.29, 1.82) is 0 Å². The Kier molecular flexibility index (Phi) is 15.7. The van der Waals surface area contributed by atoms with Gasteiger partial charge >= 0.3 is 59.1 Å². The van der Waals surface area contributed by atoms with Crippen LogP contribution in [0.25, 0.3) is 0 Å². The van der Waals surface area contributed by atoms with Gasteiger partial charge in [-0.1, -0.05) is 43.7 Å². The zero-order valence-electron chi connectivity index (χ0n) is 15.5. The smallest absolute Gasteiger partial charge is 0.640 e. The third kappa shape index (κ3) is 10.6. The van der Waals surface area contributed by atoms with E-state index in [9.17, 15) is 24.8 Å². The molecule has 0 radical (unpaired) electrons. The van der Waals surface area contributed by atoms with Crippen LogP contribution in [0.2, 0.25) is 0 Å². The van der Waals surface area contributed by atoms with Gasteiger partial charge in [0.1, 0.15) is 6.08 Å². The van der Waals surface area contributed by atoms with Crippen LogP contribution >= 0.6 is 7.87 Å². The summed E-state index contributed by atoms with van der Waals surface area (Å²) >= 11 is 0. The van der Waals surface area contributed by atoms with Crippen molar-refractivity contribution < 1.29 is 88.6 Å². The summed E-state index contributed by atoms with van der Waals surface area (Å²) in [6.45, 7) is 2.95. The van der Waals surface area contributed by atoms with Crippen LogP contribution in [0.5, 0.6) is 0 Å². The number of nitrogens with zero attached hydrogens (tertiary/aromatic N) is 1. The van der Waals surface area contributed by atoms with Crippen LogP contribution in [0.4, 0.5) is 0 Å². The second-order valence-electron chi connectivity index (χ2n) is 5.21. The summed E-state index contributed by atoms with van der Waals surface area (Å²) in [5.74, 6) is -2.83.